The third-order valence-electron chi connectivity index (χ3n) is 4.40. The van der Waals surface area contributed by atoms with Crippen molar-refractivity contribution in [1.82, 2.24) is 15.0 Å². The molecule has 0 aliphatic carbocycles. The number of nitrogens with zero attached hydrogens (tertiary/aromatic N) is 5. The molecule has 3 rings (SSSR count). The third kappa shape index (κ3) is 3.88. The molecule has 138 valence electrons. The zero-order valence-electron chi connectivity index (χ0n) is 15.1. The molecule has 0 unspecified atom stereocenters. The monoisotopic (exact) mass is 375 g/mol. The Bertz CT molecular complexity index is 801. The van der Waals surface area contributed by atoms with Crippen LogP contribution in [0, 0.1) is 6.92 Å². The van der Waals surface area contributed by atoms with Gasteiger partial charge < -0.3 is 14.5 Å². The predicted molar refractivity (Wildman–Crippen MR) is 101 cm³/mol. The van der Waals surface area contributed by atoms with Gasteiger partial charge in [-0.25, -0.2) is 19.7 Å². The average Bonchev–Trinajstić information content (AvgIpc) is 2.61. The largest absolute Gasteiger partial charge is 0.462 e. The molecule has 3 heterocycles. The fourth-order valence-corrected chi connectivity index (χ4v) is 3.34. The number of pyridine rings is 1. The molecule has 1 aliphatic rings. The van der Waals surface area contributed by atoms with Gasteiger partial charge in [-0.05, 0) is 32.4 Å². The molecule has 0 radical (unpaired) electrons. The van der Waals surface area contributed by atoms with Gasteiger partial charge in [0, 0.05) is 37.9 Å². The fraction of sp³-hybridized carbons (Fsp3) is 0.444. The number of rotatable bonds is 4. The van der Waals surface area contributed by atoms with Crippen LogP contribution in [0.1, 0.15) is 29.8 Å². The molecule has 2 aromatic heterocycles. The Morgan fingerprint density at radius 2 is 2.12 bits per heavy atom. The Morgan fingerprint density at radius 3 is 2.77 bits per heavy atom. The highest BCUT2D eigenvalue weighted by molar-refractivity contribution is 6.29. The standard InChI is InChI=1S/C18H22ClN5O2/c1-4-26-18(25)14-7-12(2)17(20-9-14)23-5-6-24(13(3)10-23)16-8-15(19)21-11-22-16/h7-9,11,13H,4-6,10H2,1-3H3/t13-/m1/s1. The van der Waals surface area contributed by atoms with Crippen molar-refractivity contribution in [3.8, 4) is 0 Å². The van der Waals surface area contributed by atoms with E-state index in [1.54, 1.807) is 19.2 Å². The molecule has 26 heavy (non-hydrogen) atoms. The summed E-state index contributed by atoms with van der Waals surface area (Å²) in [5.41, 5.74) is 1.44. The topological polar surface area (TPSA) is 71.5 Å². The molecule has 0 saturated carbocycles. The SMILES string of the molecule is CCOC(=O)c1cnc(N2CCN(c3cc(Cl)ncn3)[C@H](C)C2)c(C)c1. The Hall–Kier alpha value is -2.41. The van der Waals surface area contributed by atoms with Gasteiger partial charge in [0.1, 0.15) is 23.1 Å². The van der Waals surface area contributed by atoms with Crippen LogP contribution < -0.4 is 9.80 Å². The van der Waals surface area contributed by atoms with Gasteiger partial charge in [0.2, 0.25) is 0 Å². The van der Waals surface area contributed by atoms with Crippen LogP contribution in [0.5, 0.6) is 0 Å². The minimum Gasteiger partial charge on any atom is -0.462 e. The van der Waals surface area contributed by atoms with E-state index >= 15 is 0 Å². The summed E-state index contributed by atoms with van der Waals surface area (Å²) in [6, 6.07) is 3.85. The summed E-state index contributed by atoms with van der Waals surface area (Å²) in [6.07, 6.45) is 3.07. The Labute approximate surface area is 158 Å². The molecule has 0 N–H and O–H groups in total. The molecule has 0 amide bonds. The van der Waals surface area contributed by atoms with Crippen molar-refractivity contribution in [2.45, 2.75) is 26.8 Å². The van der Waals surface area contributed by atoms with Crippen LogP contribution in [-0.4, -0.2) is 53.2 Å². The van der Waals surface area contributed by atoms with E-state index in [4.69, 9.17) is 16.3 Å². The number of esters is 1. The van der Waals surface area contributed by atoms with Crippen molar-refractivity contribution < 1.29 is 9.53 Å². The molecular formula is C18H22ClN5O2. The van der Waals surface area contributed by atoms with Crippen molar-refractivity contribution in [3.05, 3.63) is 40.9 Å². The smallest absolute Gasteiger partial charge is 0.339 e. The maximum absolute atomic E-state index is 11.9. The highest BCUT2D eigenvalue weighted by Gasteiger charge is 2.26. The molecule has 1 aliphatic heterocycles. The minimum absolute atomic E-state index is 0.237. The van der Waals surface area contributed by atoms with Crippen LogP contribution in [0.2, 0.25) is 5.15 Å². The summed E-state index contributed by atoms with van der Waals surface area (Å²) in [7, 11) is 0. The number of aromatic nitrogens is 3. The van der Waals surface area contributed by atoms with Gasteiger partial charge in [0.25, 0.3) is 0 Å². The number of aryl methyl sites for hydroxylation is 1. The molecule has 0 bridgehead atoms. The van der Waals surface area contributed by atoms with Crippen LogP contribution in [0.4, 0.5) is 11.6 Å². The zero-order valence-corrected chi connectivity index (χ0v) is 15.9. The van der Waals surface area contributed by atoms with Crippen LogP contribution in [0.3, 0.4) is 0 Å². The molecule has 1 atom stereocenters. The normalized spacial score (nSPS) is 17.3. The third-order valence-corrected chi connectivity index (χ3v) is 4.61. The maximum Gasteiger partial charge on any atom is 0.339 e. The quantitative estimate of drug-likeness (QED) is 0.601. The van der Waals surface area contributed by atoms with E-state index < -0.39 is 0 Å². The first-order valence-corrected chi connectivity index (χ1v) is 9.00. The Morgan fingerprint density at radius 1 is 1.31 bits per heavy atom. The number of hydrogen-bond acceptors (Lipinski definition) is 7. The molecule has 1 saturated heterocycles. The van der Waals surface area contributed by atoms with E-state index in [2.05, 4.69) is 31.7 Å². The lowest BCUT2D eigenvalue weighted by molar-refractivity contribution is 0.0526. The second-order valence-corrected chi connectivity index (χ2v) is 6.66. The molecule has 2 aromatic rings. The van der Waals surface area contributed by atoms with Crippen LogP contribution in [0.15, 0.2) is 24.7 Å². The van der Waals surface area contributed by atoms with E-state index in [0.717, 1.165) is 36.8 Å². The summed E-state index contributed by atoms with van der Waals surface area (Å²) in [5, 5.41) is 0.441. The molecule has 0 spiro atoms. The molecule has 0 aromatic carbocycles. The second kappa shape index (κ2) is 7.86. The molecule has 8 heteroatoms. The maximum atomic E-state index is 11.9. The predicted octanol–water partition coefficient (Wildman–Crippen LogP) is 2.73. The van der Waals surface area contributed by atoms with E-state index in [1.165, 1.54) is 6.33 Å². The molecule has 1 fully saturated rings. The van der Waals surface area contributed by atoms with E-state index in [9.17, 15) is 4.79 Å². The Kier molecular flexibility index (Phi) is 5.56. The van der Waals surface area contributed by atoms with Gasteiger partial charge in [-0.1, -0.05) is 11.6 Å². The summed E-state index contributed by atoms with van der Waals surface area (Å²) < 4.78 is 5.04. The lowest BCUT2D eigenvalue weighted by atomic mass is 10.1. The van der Waals surface area contributed by atoms with Crippen molar-refractivity contribution in [1.29, 1.82) is 0 Å². The highest BCUT2D eigenvalue weighted by atomic mass is 35.5. The van der Waals surface area contributed by atoms with Crippen molar-refractivity contribution in [2.24, 2.45) is 0 Å². The van der Waals surface area contributed by atoms with Crippen molar-refractivity contribution in [3.63, 3.8) is 0 Å². The van der Waals surface area contributed by atoms with Crippen LogP contribution >= 0.6 is 11.6 Å². The minimum atomic E-state index is -0.339. The number of anilines is 2. The van der Waals surface area contributed by atoms with E-state index in [-0.39, 0.29) is 12.0 Å². The first-order chi connectivity index (χ1) is 12.5. The number of carbonyl (C=O) groups is 1. The highest BCUT2D eigenvalue weighted by Crippen LogP contribution is 2.25. The summed E-state index contributed by atoms with van der Waals surface area (Å²) in [6.45, 7) is 8.66. The van der Waals surface area contributed by atoms with Crippen LogP contribution in [-0.2, 0) is 4.74 Å². The average molecular weight is 376 g/mol. The van der Waals surface area contributed by atoms with Crippen molar-refractivity contribution in [2.75, 3.05) is 36.0 Å². The van der Waals surface area contributed by atoms with Gasteiger partial charge in [0.05, 0.1) is 12.2 Å². The lowest BCUT2D eigenvalue weighted by Crippen LogP contribution is -2.52. The molecule has 7 nitrogen and oxygen atoms in total. The fourth-order valence-electron chi connectivity index (χ4n) is 3.20. The van der Waals surface area contributed by atoms with E-state index in [0.29, 0.717) is 17.3 Å². The van der Waals surface area contributed by atoms with Gasteiger partial charge >= 0.3 is 5.97 Å². The number of piperazine rings is 1. The van der Waals surface area contributed by atoms with Crippen LogP contribution in [0.25, 0.3) is 0 Å². The number of halogens is 1. The summed E-state index contributed by atoms with van der Waals surface area (Å²) >= 11 is 5.98. The zero-order chi connectivity index (χ0) is 18.7. The summed E-state index contributed by atoms with van der Waals surface area (Å²) in [5.74, 6) is 1.39. The van der Waals surface area contributed by atoms with Crippen molar-refractivity contribution >= 4 is 29.2 Å². The van der Waals surface area contributed by atoms with E-state index in [1.807, 2.05) is 13.0 Å². The first-order valence-electron chi connectivity index (χ1n) is 8.62. The number of carbonyl (C=O) groups excluding carboxylic acids is 1. The lowest BCUT2D eigenvalue weighted by Gasteiger charge is -2.41. The second-order valence-electron chi connectivity index (χ2n) is 6.27. The summed E-state index contributed by atoms with van der Waals surface area (Å²) in [4.78, 5) is 29.1. The molecular weight excluding hydrogens is 354 g/mol. The van der Waals surface area contributed by atoms with Gasteiger partial charge in [0.15, 0.2) is 0 Å². The number of hydrogen-bond donors (Lipinski definition) is 0. The van der Waals surface area contributed by atoms with Gasteiger partial charge in [-0.15, -0.1) is 0 Å². The first kappa shape index (κ1) is 18.4. The Balaban J connectivity index is 1.73. The van der Waals surface area contributed by atoms with Gasteiger partial charge in [-0.3, -0.25) is 0 Å². The number of ether oxygens (including phenoxy) is 1. The van der Waals surface area contributed by atoms with Gasteiger partial charge in [-0.2, -0.15) is 0 Å².